The van der Waals surface area contributed by atoms with Crippen LogP contribution in [-0.4, -0.2) is 52.0 Å². The van der Waals surface area contributed by atoms with Crippen molar-refractivity contribution in [3.63, 3.8) is 0 Å². The van der Waals surface area contributed by atoms with Gasteiger partial charge in [0.25, 0.3) is 5.91 Å². The van der Waals surface area contributed by atoms with E-state index in [0.717, 1.165) is 6.20 Å². The van der Waals surface area contributed by atoms with E-state index in [9.17, 15) is 14.4 Å². The third-order valence-electron chi connectivity index (χ3n) is 7.58. The van der Waals surface area contributed by atoms with E-state index >= 15 is 8.78 Å². The van der Waals surface area contributed by atoms with Crippen molar-refractivity contribution in [3.8, 4) is 5.75 Å². The molecule has 41 heavy (non-hydrogen) atoms. The number of halogens is 2. The van der Waals surface area contributed by atoms with E-state index in [2.05, 4.69) is 5.10 Å². The van der Waals surface area contributed by atoms with Crippen molar-refractivity contribution in [2.45, 2.75) is 57.5 Å². The van der Waals surface area contributed by atoms with Gasteiger partial charge in [-0.15, -0.1) is 0 Å². The van der Waals surface area contributed by atoms with Crippen LogP contribution in [0.1, 0.15) is 71.9 Å². The summed E-state index contributed by atoms with van der Waals surface area (Å²) >= 11 is 0. The lowest BCUT2D eigenvalue weighted by Crippen LogP contribution is -2.48. The molecule has 0 radical (unpaired) electrons. The summed E-state index contributed by atoms with van der Waals surface area (Å²) in [5, 5.41) is 4.35. The molecule has 0 saturated carbocycles. The Morgan fingerprint density at radius 3 is 2.24 bits per heavy atom. The molecule has 1 aliphatic carbocycles. The minimum Gasteiger partial charge on any atom is -0.451 e. The van der Waals surface area contributed by atoms with Gasteiger partial charge in [0.2, 0.25) is 18.0 Å². The van der Waals surface area contributed by atoms with Crippen LogP contribution in [0.4, 0.5) is 8.78 Å². The molecule has 216 valence electrons. The van der Waals surface area contributed by atoms with Crippen molar-refractivity contribution in [2.24, 2.45) is 5.73 Å². The smallest absolute Gasteiger partial charge is 0.328 e. The first-order chi connectivity index (χ1) is 19.5. The second-order valence-corrected chi connectivity index (χ2v) is 11.0. The van der Waals surface area contributed by atoms with Gasteiger partial charge >= 0.3 is 5.97 Å². The Morgan fingerprint density at radius 1 is 1.07 bits per heavy atom. The van der Waals surface area contributed by atoms with E-state index in [1.807, 2.05) is 19.1 Å². The number of nitrogens with two attached hydrogens (primary N) is 1. The van der Waals surface area contributed by atoms with Crippen molar-refractivity contribution in [1.29, 1.82) is 0 Å². The van der Waals surface area contributed by atoms with Crippen molar-refractivity contribution in [3.05, 3.63) is 92.4 Å². The van der Waals surface area contributed by atoms with Crippen LogP contribution < -0.4 is 15.9 Å². The second-order valence-electron chi connectivity index (χ2n) is 11.0. The number of carbonyl (C=O) groups excluding carboxylic acids is 2. The fourth-order valence-corrected chi connectivity index (χ4v) is 5.70. The van der Waals surface area contributed by atoms with Crippen LogP contribution in [-0.2, 0) is 22.4 Å². The van der Waals surface area contributed by atoms with Gasteiger partial charge in [0.1, 0.15) is 17.2 Å². The van der Waals surface area contributed by atoms with Crippen LogP contribution in [0.5, 0.6) is 5.75 Å². The minimum absolute atomic E-state index is 0.120. The zero-order chi connectivity index (χ0) is 29.5. The Bertz CT molecular complexity index is 1510. The fourth-order valence-electron chi connectivity index (χ4n) is 5.70. The van der Waals surface area contributed by atoms with Crippen LogP contribution in [0, 0.1) is 11.6 Å². The number of benzene rings is 2. The minimum atomic E-state index is -1.29. The predicted molar refractivity (Wildman–Crippen MR) is 146 cm³/mol. The van der Waals surface area contributed by atoms with Crippen LogP contribution in [0.15, 0.2) is 47.4 Å². The number of rotatable bonds is 7. The predicted octanol–water partition coefficient (Wildman–Crippen LogP) is 3.48. The van der Waals surface area contributed by atoms with E-state index in [-0.39, 0.29) is 29.6 Å². The quantitative estimate of drug-likeness (QED) is 0.344. The third-order valence-corrected chi connectivity index (χ3v) is 7.58. The van der Waals surface area contributed by atoms with Crippen LogP contribution in [0.3, 0.4) is 0 Å². The number of ether oxygens (including phenoxy) is 2. The van der Waals surface area contributed by atoms with Gasteiger partial charge < -0.3 is 20.1 Å². The number of nitrogens with zero attached hydrogens (tertiary/aromatic N) is 3. The van der Waals surface area contributed by atoms with Gasteiger partial charge in [0.05, 0.1) is 12.2 Å². The van der Waals surface area contributed by atoms with E-state index in [1.54, 1.807) is 17.0 Å². The first kappa shape index (κ1) is 28.4. The van der Waals surface area contributed by atoms with Crippen LogP contribution >= 0.6 is 0 Å². The molecule has 1 aliphatic heterocycles. The van der Waals surface area contributed by atoms with E-state index in [4.69, 9.17) is 15.2 Å². The molecule has 1 aromatic heterocycles. The monoisotopic (exact) mass is 566 g/mol. The topological polar surface area (TPSA) is 117 Å². The van der Waals surface area contributed by atoms with Crippen LogP contribution in [0.25, 0.3) is 0 Å². The lowest BCUT2D eigenvalue weighted by Gasteiger charge is -2.40. The van der Waals surface area contributed by atoms with Crippen LogP contribution in [0.2, 0.25) is 0 Å². The summed E-state index contributed by atoms with van der Waals surface area (Å²) in [7, 11) is 0. The number of aromatic nitrogens is 2. The number of carbonyl (C=O) groups is 2. The summed E-state index contributed by atoms with van der Waals surface area (Å²) in [6, 6.07) is 9.00. The molecule has 2 aromatic carbocycles. The van der Waals surface area contributed by atoms with Gasteiger partial charge in [0, 0.05) is 19.0 Å². The molecule has 0 fully saturated rings. The maximum atomic E-state index is 15.2. The number of esters is 1. The summed E-state index contributed by atoms with van der Waals surface area (Å²) in [5.41, 5.74) is 5.96. The highest BCUT2D eigenvalue weighted by molar-refractivity contribution is 5.96. The largest absolute Gasteiger partial charge is 0.451 e. The molecule has 1 amide bonds. The zero-order valence-electron chi connectivity index (χ0n) is 23.2. The normalized spacial score (nSPS) is 16.9. The number of hydrogen-bond donors (Lipinski definition) is 1. The van der Waals surface area contributed by atoms with E-state index in [1.165, 1.54) is 30.7 Å². The third kappa shape index (κ3) is 5.21. The Morgan fingerprint density at radius 2 is 1.68 bits per heavy atom. The Labute approximate surface area is 235 Å². The molecule has 9 nitrogen and oxygen atoms in total. The maximum absolute atomic E-state index is 15.2. The molecule has 0 spiro atoms. The van der Waals surface area contributed by atoms with Gasteiger partial charge in [-0.25, -0.2) is 13.6 Å². The molecule has 0 bridgehead atoms. The van der Waals surface area contributed by atoms with Gasteiger partial charge in [-0.05, 0) is 67.5 Å². The molecule has 11 heteroatoms. The zero-order valence-corrected chi connectivity index (χ0v) is 23.2. The summed E-state index contributed by atoms with van der Waals surface area (Å²) in [6.07, 6.45) is 2.26. The molecule has 2 heterocycles. The van der Waals surface area contributed by atoms with Crippen molar-refractivity contribution >= 4 is 11.9 Å². The Balaban J connectivity index is 1.68. The molecule has 0 saturated heterocycles. The number of hydrogen-bond acceptors (Lipinski definition) is 7. The molecule has 0 unspecified atom stereocenters. The molecule has 1 atom stereocenters. The molecule has 3 aromatic rings. The second kappa shape index (κ2) is 11.0. The lowest BCUT2D eigenvalue weighted by atomic mass is 9.81. The van der Waals surface area contributed by atoms with Gasteiger partial charge in [-0.2, -0.15) is 5.10 Å². The SMILES string of the molecule is CCCN1C[C@H](C2c3cccc(F)c3CCc3c(F)cccc32)n2ncc(=O)c(OCOC(=O)C(C)(C)N)c2C1=O. The first-order valence-electron chi connectivity index (χ1n) is 13.6. The summed E-state index contributed by atoms with van der Waals surface area (Å²) in [4.78, 5) is 40.4. The number of fused-ring (bicyclic) bond motifs is 3. The number of amides is 1. The highest BCUT2D eigenvalue weighted by Crippen LogP contribution is 2.44. The highest BCUT2D eigenvalue weighted by atomic mass is 19.1. The Hall–Kier alpha value is -4.12. The fraction of sp³-hybridized carbons (Fsp3) is 0.400. The van der Waals surface area contributed by atoms with E-state index < -0.39 is 41.6 Å². The van der Waals surface area contributed by atoms with Gasteiger partial charge in [-0.1, -0.05) is 31.2 Å². The lowest BCUT2D eigenvalue weighted by molar-refractivity contribution is -0.155. The molecular formula is C30H32F2N4O5. The summed E-state index contributed by atoms with van der Waals surface area (Å²) in [6.45, 7) is 4.74. The molecule has 5 rings (SSSR count). The average Bonchev–Trinajstić information content (AvgIpc) is 3.09. The van der Waals surface area contributed by atoms with Crippen molar-refractivity contribution in [2.75, 3.05) is 19.9 Å². The van der Waals surface area contributed by atoms with Crippen molar-refractivity contribution < 1.29 is 27.8 Å². The van der Waals surface area contributed by atoms with E-state index in [0.29, 0.717) is 48.1 Å². The van der Waals surface area contributed by atoms with Gasteiger partial charge in [-0.3, -0.25) is 14.3 Å². The molecular weight excluding hydrogens is 534 g/mol. The summed E-state index contributed by atoms with van der Waals surface area (Å²) in [5.74, 6) is -2.95. The highest BCUT2D eigenvalue weighted by Gasteiger charge is 2.42. The maximum Gasteiger partial charge on any atom is 0.328 e. The average molecular weight is 567 g/mol. The first-order valence-corrected chi connectivity index (χ1v) is 13.6. The Kier molecular flexibility index (Phi) is 7.65. The van der Waals surface area contributed by atoms with Gasteiger partial charge in [0.15, 0.2) is 5.69 Å². The molecule has 2 N–H and O–H groups in total. The standard InChI is InChI=1S/C30H32F2N4O5/c1-4-13-35-15-23(25-19-7-5-9-21(31)17(19)11-12-18-20(25)8-6-10-22(18)32)36-26(28(35)38)27(24(37)14-34-36)40-16-41-29(39)30(2,3)33/h5-10,14,23,25H,4,11-13,15-16,33H2,1-3H3/t23-/m1/s1. The summed E-state index contributed by atoms with van der Waals surface area (Å²) < 4.78 is 42.5. The van der Waals surface area contributed by atoms with Crippen molar-refractivity contribution in [1.82, 2.24) is 14.7 Å². The molecule has 2 aliphatic rings.